The van der Waals surface area contributed by atoms with Crippen molar-refractivity contribution in [3.63, 3.8) is 0 Å². The van der Waals surface area contributed by atoms with Gasteiger partial charge in [-0.25, -0.2) is 4.98 Å². The third-order valence-corrected chi connectivity index (χ3v) is 2.61. The first-order chi connectivity index (χ1) is 7.61. The van der Waals surface area contributed by atoms with Crippen LogP contribution >= 0.6 is 23.2 Å². The first kappa shape index (κ1) is 11.3. The monoisotopic (exact) mass is 257 g/mol. The third-order valence-electron chi connectivity index (χ3n) is 2.11. The van der Waals surface area contributed by atoms with E-state index in [0.29, 0.717) is 33.4 Å². The van der Waals surface area contributed by atoms with Gasteiger partial charge in [-0.15, -0.1) is 0 Å². The molecule has 0 radical (unpaired) electrons. The van der Waals surface area contributed by atoms with E-state index in [-0.39, 0.29) is 5.75 Å². The van der Waals surface area contributed by atoms with Gasteiger partial charge in [-0.05, 0) is 19.1 Å². The first-order valence-corrected chi connectivity index (χ1v) is 5.49. The van der Waals surface area contributed by atoms with Crippen LogP contribution in [0.3, 0.4) is 0 Å². The third kappa shape index (κ3) is 2.01. The number of halogens is 2. The minimum absolute atomic E-state index is 0.0279. The van der Waals surface area contributed by atoms with Gasteiger partial charge in [0.05, 0.1) is 17.1 Å². The lowest BCUT2D eigenvalue weighted by atomic mass is 10.2. The van der Waals surface area contributed by atoms with Gasteiger partial charge in [-0.1, -0.05) is 23.2 Å². The Bertz CT molecular complexity index is 543. The molecule has 16 heavy (non-hydrogen) atoms. The standard InChI is InChI=1S/C11H9Cl2NO2/c1-2-16-10-3-6-7(12)4-11(13)14-8(6)5-9(10)15/h3-5,15H,2H2,1H3. The molecule has 0 amide bonds. The summed E-state index contributed by atoms with van der Waals surface area (Å²) in [6.45, 7) is 2.31. The van der Waals surface area contributed by atoms with Crippen molar-refractivity contribution in [3.05, 3.63) is 28.4 Å². The lowest BCUT2D eigenvalue weighted by molar-refractivity contribution is 0.319. The van der Waals surface area contributed by atoms with Gasteiger partial charge in [0.2, 0.25) is 0 Å². The molecule has 0 aliphatic heterocycles. The lowest BCUT2D eigenvalue weighted by Crippen LogP contribution is -1.92. The zero-order valence-electron chi connectivity index (χ0n) is 8.50. The van der Waals surface area contributed by atoms with Gasteiger partial charge < -0.3 is 9.84 Å². The summed E-state index contributed by atoms with van der Waals surface area (Å²) >= 11 is 11.8. The van der Waals surface area contributed by atoms with E-state index in [2.05, 4.69) is 4.98 Å². The average Bonchev–Trinajstić information content (AvgIpc) is 2.20. The van der Waals surface area contributed by atoms with Gasteiger partial charge in [0, 0.05) is 11.5 Å². The summed E-state index contributed by atoms with van der Waals surface area (Å²) in [4.78, 5) is 4.06. The second-order valence-electron chi connectivity index (χ2n) is 3.20. The summed E-state index contributed by atoms with van der Waals surface area (Å²) in [5.41, 5.74) is 0.540. The second-order valence-corrected chi connectivity index (χ2v) is 3.99. The van der Waals surface area contributed by atoms with Crippen LogP contribution < -0.4 is 4.74 Å². The van der Waals surface area contributed by atoms with Crippen LogP contribution in [0.2, 0.25) is 10.2 Å². The molecule has 1 N–H and O–H groups in total. The molecule has 0 saturated heterocycles. The maximum absolute atomic E-state index is 9.67. The number of hydrogen-bond donors (Lipinski definition) is 1. The maximum Gasteiger partial charge on any atom is 0.161 e. The summed E-state index contributed by atoms with van der Waals surface area (Å²) in [6.07, 6.45) is 0. The minimum atomic E-state index is 0.0279. The van der Waals surface area contributed by atoms with Gasteiger partial charge in [-0.2, -0.15) is 0 Å². The number of pyridine rings is 1. The van der Waals surface area contributed by atoms with Gasteiger partial charge in [0.1, 0.15) is 5.15 Å². The molecule has 1 aromatic heterocycles. The van der Waals surface area contributed by atoms with Crippen LogP contribution in [0.1, 0.15) is 6.92 Å². The Morgan fingerprint density at radius 3 is 2.75 bits per heavy atom. The van der Waals surface area contributed by atoms with E-state index in [9.17, 15) is 5.11 Å². The van der Waals surface area contributed by atoms with E-state index in [1.807, 2.05) is 6.92 Å². The number of nitrogens with zero attached hydrogens (tertiary/aromatic N) is 1. The SMILES string of the molecule is CCOc1cc2c(Cl)cc(Cl)nc2cc1O. The largest absolute Gasteiger partial charge is 0.504 e. The molecule has 1 aromatic carbocycles. The smallest absolute Gasteiger partial charge is 0.161 e. The normalized spacial score (nSPS) is 10.7. The number of ether oxygens (including phenoxy) is 1. The van der Waals surface area contributed by atoms with Crippen molar-refractivity contribution in [3.8, 4) is 11.5 Å². The highest BCUT2D eigenvalue weighted by Gasteiger charge is 2.09. The molecular weight excluding hydrogens is 249 g/mol. The Morgan fingerprint density at radius 2 is 2.06 bits per heavy atom. The Hall–Kier alpha value is -1.19. The van der Waals surface area contributed by atoms with Crippen molar-refractivity contribution >= 4 is 34.1 Å². The molecule has 0 bridgehead atoms. The van der Waals surface area contributed by atoms with Crippen molar-refractivity contribution in [2.45, 2.75) is 6.92 Å². The number of rotatable bonds is 2. The molecule has 0 spiro atoms. The molecule has 2 rings (SSSR count). The predicted octanol–water partition coefficient (Wildman–Crippen LogP) is 3.65. The number of fused-ring (bicyclic) bond motifs is 1. The highest BCUT2D eigenvalue weighted by Crippen LogP contribution is 2.34. The molecule has 0 atom stereocenters. The molecule has 0 fully saturated rings. The highest BCUT2D eigenvalue weighted by atomic mass is 35.5. The summed E-state index contributed by atoms with van der Waals surface area (Å²) in [6, 6.07) is 4.69. The first-order valence-electron chi connectivity index (χ1n) is 4.73. The van der Waals surface area contributed by atoms with Crippen LogP contribution in [-0.2, 0) is 0 Å². The van der Waals surface area contributed by atoms with E-state index >= 15 is 0 Å². The molecule has 0 aliphatic rings. The van der Waals surface area contributed by atoms with Gasteiger partial charge in [0.15, 0.2) is 11.5 Å². The minimum Gasteiger partial charge on any atom is -0.504 e. The van der Waals surface area contributed by atoms with Crippen molar-refractivity contribution in [1.82, 2.24) is 4.98 Å². The summed E-state index contributed by atoms with van der Waals surface area (Å²) in [7, 11) is 0. The number of aromatic nitrogens is 1. The highest BCUT2D eigenvalue weighted by molar-refractivity contribution is 6.37. The molecule has 0 saturated carbocycles. The van der Waals surface area contributed by atoms with Gasteiger partial charge in [0.25, 0.3) is 0 Å². The fraction of sp³-hybridized carbons (Fsp3) is 0.182. The van der Waals surface area contributed by atoms with Crippen molar-refractivity contribution in [2.24, 2.45) is 0 Å². The molecule has 3 nitrogen and oxygen atoms in total. The number of phenolic OH excluding ortho intramolecular Hbond substituents is 1. The zero-order valence-corrected chi connectivity index (χ0v) is 10.0. The van der Waals surface area contributed by atoms with E-state index in [1.165, 1.54) is 6.07 Å². The topological polar surface area (TPSA) is 42.4 Å². The Balaban J connectivity index is 2.69. The fourth-order valence-electron chi connectivity index (χ4n) is 1.44. The van der Waals surface area contributed by atoms with Crippen LogP contribution in [0.4, 0.5) is 0 Å². The van der Waals surface area contributed by atoms with E-state index in [1.54, 1.807) is 12.1 Å². The van der Waals surface area contributed by atoms with Crippen LogP contribution in [0.25, 0.3) is 10.9 Å². The molecular formula is C11H9Cl2NO2. The average molecular weight is 258 g/mol. The number of hydrogen-bond acceptors (Lipinski definition) is 3. The van der Waals surface area contributed by atoms with Gasteiger partial charge >= 0.3 is 0 Å². The number of benzene rings is 1. The van der Waals surface area contributed by atoms with E-state index in [4.69, 9.17) is 27.9 Å². The molecule has 0 unspecified atom stereocenters. The molecule has 0 aliphatic carbocycles. The number of aromatic hydroxyl groups is 1. The van der Waals surface area contributed by atoms with Crippen LogP contribution in [-0.4, -0.2) is 16.7 Å². The van der Waals surface area contributed by atoms with Gasteiger partial charge in [-0.3, -0.25) is 0 Å². The van der Waals surface area contributed by atoms with Crippen LogP contribution in [0, 0.1) is 0 Å². The summed E-state index contributed by atoms with van der Waals surface area (Å²) in [5, 5.41) is 11.1. The molecule has 5 heteroatoms. The number of phenols is 1. The fourth-order valence-corrected chi connectivity index (χ4v) is 1.95. The zero-order chi connectivity index (χ0) is 11.7. The lowest BCUT2D eigenvalue weighted by Gasteiger charge is -2.08. The Kier molecular flexibility index (Phi) is 3.08. The summed E-state index contributed by atoms with van der Waals surface area (Å²) < 4.78 is 5.26. The second kappa shape index (κ2) is 4.36. The maximum atomic E-state index is 9.67. The van der Waals surface area contributed by atoms with Crippen LogP contribution in [0.5, 0.6) is 11.5 Å². The Labute approximate surface area is 103 Å². The van der Waals surface area contributed by atoms with Crippen molar-refractivity contribution in [1.29, 1.82) is 0 Å². The van der Waals surface area contributed by atoms with Crippen molar-refractivity contribution < 1.29 is 9.84 Å². The van der Waals surface area contributed by atoms with E-state index < -0.39 is 0 Å². The molecule has 2 aromatic rings. The molecule has 84 valence electrons. The molecule has 1 heterocycles. The van der Waals surface area contributed by atoms with E-state index in [0.717, 1.165) is 0 Å². The van der Waals surface area contributed by atoms with Crippen LogP contribution in [0.15, 0.2) is 18.2 Å². The predicted molar refractivity (Wildman–Crippen MR) is 64.6 cm³/mol. The Morgan fingerprint density at radius 1 is 1.31 bits per heavy atom. The quantitative estimate of drug-likeness (QED) is 0.836. The summed E-state index contributed by atoms with van der Waals surface area (Å²) in [5.74, 6) is 0.418. The van der Waals surface area contributed by atoms with Crippen molar-refractivity contribution in [2.75, 3.05) is 6.61 Å².